The third kappa shape index (κ3) is 4.19. The summed E-state index contributed by atoms with van der Waals surface area (Å²) in [6, 6.07) is 3.52. The van der Waals surface area contributed by atoms with Gasteiger partial charge in [0.25, 0.3) is 5.91 Å². The van der Waals surface area contributed by atoms with E-state index in [2.05, 4.69) is 15.5 Å². The minimum atomic E-state index is -1.04. The van der Waals surface area contributed by atoms with Crippen molar-refractivity contribution in [1.82, 2.24) is 20.4 Å². The Labute approximate surface area is 145 Å². The maximum atomic E-state index is 12.8. The number of aromatic nitrogens is 2. The average Bonchev–Trinajstić information content (AvgIpc) is 3.22. The van der Waals surface area contributed by atoms with E-state index in [9.17, 15) is 9.59 Å². The number of carbonyl (C=O) groups is 2. The minimum Gasteiger partial charge on any atom is -0.337 e. The van der Waals surface area contributed by atoms with Crippen LogP contribution >= 0.6 is 11.3 Å². The Morgan fingerprint density at radius 2 is 2.12 bits per heavy atom. The molecule has 0 aliphatic carbocycles. The first kappa shape index (κ1) is 18.1. The molecular weight excluding hydrogens is 328 g/mol. The zero-order chi connectivity index (χ0) is 17.7. The zero-order valence-corrected chi connectivity index (χ0v) is 15.1. The van der Waals surface area contributed by atoms with Gasteiger partial charge in [-0.1, -0.05) is 18.1 Å². The second kappa shape index (κ2) is 7.57. The number of aryl methyl sites for hydroxylation is 1. The summed E-state index contributed by atoms with van der Waals surface area (Å²) in [6.45, 7) is 7.87. The van der Waals surface area contributed by atoms with Crippen molar-refractivity contribution in [2.45, 2.75) is 46.2 Å². The Balaban J connectivity index is 2.06. The number of amides is 2. The molecule has 0 atom stereocenters. The maximum Gasteiger partial charge on any atom is 0.262 e. The van der Waals surface area contributed by atoms with E-state index in [0.29, 0.717) is 29.6 Å². The van der Waals surface area contributed by atoms with Gasteiger partial charge in [0.1, 0.15) is 12.1 Å². The van der Waals surface area contributed by atoms with Crippen LogP contribution in [0.2, 0.25) is 0 Å². The predicted octanol–water partition coefficient (Wildman–Crippen LogP) is 2.25. The summed E-state index contributed by atoms with van der Waals surface area (Å²) in [7, 11) is 0. The molecule has 0 radical (unpaired) electrons. The first-order valence-corrected chi connectivity index (χ1v) is 8.72. The summed E-state index contributed by atoms with van der Waals surface area (Å²) in [6.07, 6.45) is 0.673. The molecule has 2 rings (SSSR count). The lowest BCUT2D eigenvalue weighted by atomic mass is 10.0. The Bertz CT molecular complexity index is 694. The summed E-state index contributed by atoms with van der Waals surface area (Å²) < 4.78 is 5.15. The van der Waals surface area contributed by atoms with Crippen molar-refractivity contribution in [3.63, 3.8) is 0 Å². The number of carbonyl (C=O) groups excluding carboxylic acids is 2. The predicted molar refractivity (Wildman–Crippen MR) is 90.6 cm³/mol. The summed E-state index contributed by atoms with van der Waals surface area (Å²) in [5.74, 6) is 0.540. The monoisotopic (exact) mass is 350 g/mol. The Morgan fingerprint density at radius 1 is 1.38 bits per heavy atom. The molecule has 2 aromatic heterocycles. The van der Waals surface area contributed by atoms with E-state index in [1.54, 1.807) is 30.9 Å². The van der Waals surface area contributed by atoms with E-state index in [1.807, 2.05) is 19.2 Å². The Hall–Kier alpha value is -2.22. The average molecular weight is 350 g/mol. The van der Waals surface area contributed by atoms with Gasteiger partial charge in [0, 0.05) is 13.0 Å². The highest BCUT2D eigenvalue weighted by Crippen LogP contribution is 2.15. The number of nitrogens with one attached hydrogen (secondary N) is 1. The molecule has 2 aromatic rings. The Kier molecular flexibility index (Phi) is 5.71. The van der Waals surface area contributed by atoms with Gasteiger partial charge < -0.3 is 14.7 Å². The SMILES string of the molecule is CCc1noc(CN(CC)C(=O)C(C)(C)NC(=O)c2cccs2)n1. The van der Waals surface area contributed by atoms with Crippen LogP contribution in [0.5, 0.6) is 0 Å². The van der Waals surface area contributed by atoms with Crippen LogP contribution in [0, 0.1) is 0 Å². The topological polar surface area (TPSA) is 88.3 Å². The summed E-state index contributed by atoms with van der Waals surface area (Å²) >= 11 is 1.34. The molecule has 130 valence electrons. The van der Waals surface area contributed by atoms with E-state index < -0.39 is 5.54 Å². The maximum absolute atomic E-state index is 12.8. The van der Waals surface area contributed by atoms with Crippen molar-refractivity contribution in [2.75, 3.05) is 6.54 Å². The van der Waals surface area contributed by atoms with Gasteiger partial charge in [-0.2, -0.15) is 4.98 Å². The van der Waals surface area contributed by atoms with Crippen molar-refractivity contribution in [1.29, 1.82) is 0 Å². The molecule has 1 N–H and O–H groups in total. The number of thiophene rings is 1. The molecule has 2 amide bonds. The number of rotatable bonds is 7. The second-order valence-electron chi connectivity index (χ2n) is 5.83. The molecular formula is C16H22N4O3S. The van der Waals surface area contributed by atoms with Crippen molar-refractivity contribution < 1.29 is 14.1 Å². The van der Waals surface area contributed by atoms with Crippen LogP contribution in [0.25, 0.3) is 0 Å². The minimum absolute atomic E-state index is 0.203. The van der Waals surface area contributed by atoms with Crippen LogP contribution in [-0.4, -0.2) is 38.9 Å². The third-order valence-electron chi connectivity index (χ3n) is 3.53. The number of nitrogens with zero attached hydrogens (tertiary/aromatic N) is 3. The molecule has 0 spiro atoms. The third-order valence-corrected chi connectivity index (χ3v) is 4.40. The van der Waals surface area contributed by atoms with Gasteiger partial charge >= 0.3 is 0 Å². The lowest BCUT2D eigenvalue weighted by Gasteiger charge is -2.31. The van der Waals surface area contributed by atoms with Crippen molar-refractivity contribution in [2.24, 2.45) is 0 Å². The standard InChI is InChI=1S/C16H22N4O3S/c1-5-12-17-13(23-19-12)10-20(6-2)15(22)16(3,4)18-14(21)11-8-7-9-24-11/h7-9H,5-6,10H2,1-4H3,(H,18,21). The van der Waals surface area contributed by atoms with Crippen molar-refractivity contribution >= 4 is 23.2 Å². The van der Waals surface area contributed by atoms with Crippen LogP contribution < -0.4 is 5.32 Å². The molecule has 0 aliphatic heterocycles. The van der Waals surface area contributed by atoms with Crippen LogP contribution in [0.4, 0.5) is 0 Å². The molecule has 0 aliphatic rings. The second-order valence-corrected chi connectivity index (χ2v) is 6.78. The van der Waals surface area contributed by atoms with Crippen LogP contribution in [0.1, 0.15) is 49.1 Å². The normalized spacial score (nSPS) is 11.3. The van der Waals surface area contributed by atoms with Crippen molar-refractivity contribution in [3.8, 4) is 0 Å². The highest BCUT2D eigenvalue weighted by atomic mass is 32.1. The fourth-order valence-electron chi connectivity index (χ4n) is 2.19. The van der Waals surface area contributed by atoms with Gasteiger partial charge in [-0.3, -0.25) is 9.59 Å². The lowest BCUT2D eigenvalue weighted by Crippen LogP contribution is -2.55. The van der Waals surface area contributed by atoms with Gasteiger partial charge in [-0.15, -0.1) is 11.3 Å². The number of likely N-dealkylation sites (N-methyl/N-ethyl adjacent to an activating group) is 1. The molecule has 0 saturated heterocycles. The highest BCUT2D eigenvalue weighted by Gasteiger charge is 2.34. The fraction of sp³-hybridized carbons (Fsp3) is 0.500. The molecule has 2 heterocycles. The molecule has 24 heavy (non-hydrogen) atoms. The van der Waals surface area contributed by atoms with Gasteiger partial charge in [-0.25, -0.2) is 0 Å². The summed E-state index contributed by atoms with van der Waals surface area (Å²) in [5, 5.41) is 8.44. The van der Waals surface area contributed by atoms with E-state index in [1.165, 1.54) is 11.3 Å². The van der Waals surface area contributed by atoms with Crippen LogP contribution in [0.15, 0.2) is 22.0 Å². The smallest absolute Gasteiger partial charge is 0.262 e. The molecule has 7 nitrogen and oxygen atoms in total. The largest absolute Gasteiger partial charge is 0.337 e. The molecule has 0 saturated carbocycles. The Morgan fingerprint density at radius 3 is 2.67 bits per heavy atom. The first-order valence-electron chi connectivity index (χ1n) is 7.84. The molecule has 0 fully saturated rings. The van der Waals surface area contributed by atoms with E-state index in [-0.39, 0.29) is 18.4 Å². The van der Waals surface area contributed by atoms with E-state index in [4.69, 9.17) is 4.52 Å². The quantitative estimate of drug-likeness (QED) is 0.827. The van der Waals surface area contributed by atoms with Gasteiger partial charge in [0.2, 0.25) is 11.8 Å². The zero-order valence-electron chi connectivity index (χ0n) is 14.3. The van der Waals surface area contributed by atoms with Gasteiger partial charge in [-0.05, 0) is 32.2 Å². The van der Waals surface area contributed by atoms with Crippen LogP contribution in [-0.2, 0) is 17.8 Å². The highest BCUT2D eigenvalue weighted by molar-refractivity contribution is 7.12. The lowest BCUT2D eigenvalue weighted by molar-refractivity contribution is -0.137. The van der Waals surface area contributed by atoms with Crippen LogP contribution in [0.3, 0.4) is 0 Å². The van der Waals surface area contributed by atoms with E-state index in [0.717, 1.165) is 0 Å². The molecule has 0 aromatic carbocycles. The molecule has 0 bridgehead atoms. The number of hydrogen-bond donors (Lipinski definition) is 1. The van der Waals surface area contributed by atoms with Gasteiger partial charge in [0.15, 0.2) is 5.82 Å². The first-order chi connectivity index (χ1) is 11.4. The van der Waals surface area contributed by atoms with Gasteiger partial charge in [0.05, 0.1) is 4.88 Å². The molecule has 8 heteroatoms. The van der Waals surface area contributed by atoms with E-state index >= 15 is 0 Å². The molecule has 0 unspecified atom stereocenters. The summed E-state index contributed by atoms with van der Waals surface area (Å²) in [4.78, 5) is 31.4. The fourth-order valence-corrected chi connectivity index (χ4v) is 2.81. The summed E-state index contributed by atoms with van der Waals surface area (Å²) in [5.41, 5.74) is -1.04. The number of hydrogen-bond acceptors (Lipinski definition) is 6. The van der Waals surface area contributed by atoms with Crippen molar-refractivity contribution in [3.05, 3.63) is 34.1 Å².